The van der Waals surface area contributed by atoms with Crippen molar-refractivity contribution in [3.05, 3.63) is 17.8 Å². The third-order valence-electron chi connectivity index (χ3n) is 1.54. The van der Waals surface area contributed by atoms with Crippen molar-refractivity contribution < 1.29 is 9.47 Å². The summed E-state index contributed by atoms with van der Waals surface area (Å²) in [5, 5.41) is 0. The molecule has 1 aromatic heterocycles. The van der Waals surface area contributed by atoms with E-state index in [2.05, 4.69) is 4.98 Å². The summed E-state index contributed by atoms with van der Waals surface area (Å²) in [4.78, 5) is 4.05. The number of aromatic nitrogens is 1. The van der Waals surface area contributed by atoms with E-state index in [1.807, 2.05) is 13.0 Å². The van der Waals surface area contributed by atoms with E-state index in [9.17, 15) is 0 Å². The summed E-state index contributed by atoms with van der Waals surface area (Å²) >= 11 is 0. The number of hydrogen-bond donors (Lipinski definition) is 1. The molecule has 0 atom stereocenters. The van der Waals surface area contributed by atoms with E-state index in [0.29, 0.717) is 24.8 Å². The lowest BCUT2D eigenvalue weighted by molar-refractivity contribution is 0.144. The Hall–Kier alpha value is -1.29. The summed E-state index contributed by atoms with van der Waals surface area (Å²) in [6, 6.07) is 1.83. The van der Waals surface area contributed by atoms with Crippen molar-refractivity contribution in [3.8, 4) is 5.88 Å². The highest BCUT2D eigenvalue weighted by molar-refractivity contribution is 5.49. The Bertz CT molecular complexity index is 276. The van der Waals surface area contributed by atoms with Crippen LogP contribution >= 0.6 is 0 Å². The molecular formula is C9H14N2O2. The van der Waals surface area contributed by atoms with Gasteiger partial charge in [0.2, 0.25) is 5.88 Å². The molecule has 4 heteroatoms. The lowest BCUT2D eigenvalue weighted by atomic mass is 10.3. The topological polar surface area (TPSA) is 57.4 Å². The monoisotopic (exact) mass is 182 g/mol. The molecule has 0 amide bonds. The molecule has 72 valence electrons. The third kappa shape index (κ3) is 2.91. The SMILES string of the molecule is COCCOc1ncc(C)cc1N. The standard InChI is InChI=1S/C9H14N2O2/c1-7-5-8(10)9(11-6-7)13-4-3-12-2/h5-6H,3-4,10H2,1-2H3. The molecule has 0 radical (unpaired) electrons. The predicted octanol–water partition coefficient (Wildman–Crippen LogP) is 0.997. The fraction of sp³-hybridized carbons (Fsp3) is 0.444. The van der Waals surface area contributed by atoms with Gasteiger partial charge in [0, 0.05) is 13.3 Å². The summed E-state index contributed by atoms with van der Waals surface area (Å²) in [5.41, 5.74) is 7.27. The molecular weight excluding hydrogens is 168 g/mol. The minimum absolute atomic E-state index is 0.469. The largest absolute Gasteiger partial charge is 0.474 e. The maximum atomic E-state index is 5.68. The number of aryl methyl sites for hydroxylation is 1. The highest BCUT2D eigenvalue weighted by Crippen LogP contribution is 2.17. The first-order chi connectivity index (χ1) is 6.24. The molecule has 0 aromatic carbocycles. The van der Waals surface area contributed by atoms with Crippen LogP contribution in [0.5, 0.6) is 5.88 Å². The summed E-state index contributed by atoms with van der Waals surface area (Å²) in [6.07, 6.45) is 1.72. The molecule has 1 rings (SSSR count). The lowest BCUT2D eigenvalue weighted by Gasteiger charge is -2.06. The van der Waals surface area contributed by atoms with Gasteiger partial charge in [-0.1, -0.05) is 0 Å². The molecule has 0 fully saturated rings. The van der Waals surface area contributed by atoms with Crippen LogP contribution in [0.4, 0.5) is 5.69 Å². The third-order valence-corrected chi connectivity index (χ3v) is 1.54. The van der Waals surface area contributed by atoms with Gasteiger partial charge in [-0.2, -0.15) is 0 Å². The Morgan fingerprint density at radius 2 is 2.23 bits per heavy atom. The zero-order chi connectivity index (χ0) is 9.68. The summed E-state index contributed by atoms with van der Waals surface area (Å²) in [6.45, 7) is 2.94. The number of pyridine rings is 1. The van der Waals surface area contributed by atoms with Crippen molar-refractivity contribution in [1.29, 1.82) is 0 Å². The first-order valence-corrected chi connectivity index (χ1v) is 4.08. The fourth-order valence-corrected chi connectivity index (χ4v) is 0.922. The smallest absolute Gasteiger partial charge is 0.237 e. The van der Waals surface area contributed by atoms with Gasteiger partial charge in [-0.05, 0) is 18.6 Å². The Labute approximate surface area is 77.7 Å². The van der Waals surface area contributed by atoms with Gasteiger partial charge in [0.15, 0.2) is 0 Å². The molecule has 0 unspecified atom stereocenters. The van der Waals surface area contributed by atoms with E-state index in [4.69, 9.17) is 15.2 Å². The Balaban J connectivity index is 2.56. The number of methoxy groups -OCH3 is 1. The highest BCUT2D eigenvalue weighted by Gasteiger charge is 2.00. The van der Waals surface area contributed by atoms with Crippen molar-refractivity contribution in [2.24, 2.45) is 0 Å². The number of nitrogens with zero attached hydrogens (tertiary/aromatic N) is 1. The molecule has 1 heterocycles. The Morgan fingerprint density at radius 1 is 1.46 bits per heavy atom. The van der Waals surface area contributed by atoms with Crippen LogP contribution in [0.25, 0.3) is 0 Å². The first-order valence-electron chi connectivity index (χ1n) is 4.08. The number of nitrogens with two attached hydrogens (primary N) is 1. The lowest BCUT2D eigenvalue weighted by Crippen LogP contribution is -2.07. The normalized spacial score (nSPS) is 10.0. The van der Waals surface area contributed by atoms with Crippen LogP contribution in [0.2, 0.25) is 0 Å². The van der Waals surface area contributed by atoms with Crippen molar-refractivity contribution in [1.82, 2.24) is 4.98 Å². The van der Waals surface area contributed by atoms with Gasteiger partial charge in [0.1, 0.15) is 6.61 Å². The van der Waals surface area contributed by atoms with E-state index < -0.39 is 0 Å². The number of rotatable bonds is 4. The predicted molar refractivity (Wildman–Crippen MR) is 50.8 cm³/mol. The van der Waals surface area contributed by atoms with E-state index in [1.165, 1.54) is 0 Å². The molecule has 13 heavy (non-hydrogen) atoms. The minimum atomic E-state index is 0.469. The average Bonchev–Trinajstić information content (AvgIpc) is 2.09. The van der Waals surface area contributed by atoms with E-state index in [-0.39, 0.29) is 0 Å². The maximum Gasteiger partial charge on any atom is 0.237 e. The Kier molecular flexibility index (Phi) is 3.52. The summed E-state index contributed by atoms with van der Waals surface area (Å²) < 4.78 is 10.1. The van der Waals surface area contributed by atoms with Crippen LogP contribution in [-0.4, -0.2) is 25.3 Å². The van der Waals surface area contributed by atoms with E-state index in [0.717, 1.165) is 5.56 Å². The highest BCUT2D eigenvalue weighted by atomic mass is 16.5. The molecule has 4 nitrogen and oxygen atoms in total. The van der Waals surface area contributed by atoms with Gasteiger partial charge >= 0.3 is 0 Å². The van der Waals surface area contributed by atoms with Crippen molar-refractivity contribution in [3.63, 3.8) is 0 Å². The number of hydrogen-bond acceptors (Lipinski definition) is 4. The molecule has 0 aliphatic carbocycles. The maximum absolute atomic E-state index is 5.68. The van der Waals surface area contributed by atoms with Crippen molar-refractivity contribution in [2.75, 3.05) is 26.1 Å². The van der Waals surface area contributed by atoms with Crippen LogP contribution in [0.15, 0.2) is 12.3 Å². The number of ether oxygens (including phenoxy) is 2. The second-order valence-corrected chi connectivity index (χ2v) is 2.75. The van der Waals surface area contributed by atoms with Gasteiger partial charge < -0.3 is 15.2 Å². The average molecular weight is 182 g/mol. The van der Waals surface area contributed by atoms with Gasteiger partial charge in [-0.15, -0.1) is 0 Å². The van der Waals surface area contributed by atoms with Crippen LogP contribution in [0.1, 0.15) is 5.56 Å². The quantitative estimate of drug-likeness (QED) is 0.706. The molecule has 2 N–H and O–H groups in total. The molecule has 0 saturated heterocycles. The van der Waals surface area contributed by atoms with Crippen LogP contribution in [-0.2, 0) is 4.74 Å². The summed E-state index contributed by atoms with van der Waals surface area (Å²) in [5.74, 6) is 0.475. The van der Waals surface area contributed by atoms with Crippen molar-refractivity contribution in [2.45, 2.75) is 6.92 Å². The molecule has 0 saturated carbocycles. The molecule has 0 bridgehead atoms. The summed E-state index contributed by atoms with van der Waals surface area (Å²) in [7, 11) is 1.62. The zero-order valence-corrected chi connectivity index (χ0v) is 7.91. The first kappa shape index (κ1) is 9.80. The van der Waals surface area contributed by atoms with E-state index in [1.54, 1.807) is 13.3 Å². The molecule has 1 aromatic rings. The van der Waals surface area contributed by atoms with Gasteiger partial charge in [-0.3, -0.25) is 0 Å². The fourth-order valence-electron chi connectivity index (χ4n) is 0.922. The van der Waals surface area contributed by atoms with E-state index >= 15 is 0 Å². The second kappa shape index (κ2) is 4.67. The molecule has 0 aliphatic rings. The molecule has 0 spiro atoms. The van der Waals surface area contributed by atoms with Gasteiger partial charge in [-0.25, -0.2) is 4.98 Å². The van der Waals surface area contributed by atoms with Gasteiger partial charge in [0.25, 0.3) is 0 Å². The van der Waals surface area contributed by atoms with Crippen LogP contribution in [0.3, 0.4) is 0 Å². The minimum Gasteiger partial charge on any atom is -0.474 e. The second-order valence-electron chi connectivity index (χ2n) is 2.75. The van der Waals surface area contributed by atoms with Gasteiger partial charge in [0.05, 0.1) is 12.3 Å². The number of nitrogen functional groups attached to an aromatic ring is 1. The zero-order valence-electron chi connectivity index (χ0n) is 7.91. The Morgan fingerprint density at radius 3 is 2.85 bits per heavy atom. The number of anilines is 1. The van der Waals surface area contributed by atoms with Crippen LogP contribution < -0.4 is 10.5 Å². The van der Waals surface area contributed by atoms with Crippen LogP contribution in [0, 0.1) is 6.92 Å². The van der Waals surface area contributed by atoms with Crippen molar-refractivity contribution >= 4 is 5.69 Å². The molecule has 0 aliphatic heterocycles.